The Bertz CT molecular complexity index is 524. The maximum Gasteiger partial charge on any atom is 0.266 e. The number of aromatic nitrogens is 1. The van der Waals surface area contributed by atoms with Gasteiger partial charge in [0.15, 0.2) is 0 Å². The van der Waals surface area contributed by atoms with Gasteiger partial charge in [-0.3, -0.25) is 9.78 Å². The van der Waals surface area contributed by atoms with Crippen LogP contribution in [0.5, 0.6) is 0 Å². The lowest BCUT2D eigenvalue weighted by atomic mass is 10.2. The van der Waals surface area contributed by atoms with Crippen molar-refractivity contribution in [3.8, 4) is 0 Å². The Hall–Kier alpha value is -1.88. The molecule has 94 valence electrons. The zero-order valence-corrected chi connectivity index (χ0v) is 11.0. The third kappa shape index (κ3) is 2.68. The number of hydrogen-bond donors (Lipinski definition) is 1. The molecular weight excluding hydrogens is 246 g/mol. The van der Waals surface area contributed by atoms with E-state index in [0.717, 1.165) is 5.56 Å². The van der Waals surface area contributed by atoms with Crippen LogP contribution < -0.4 is 5.73 Å². The molecule has 2 N–H and O–H groups in total. The third-order valence-electron chi connectivity index (χ3n) is 2.68. The van der Waals surface area contributed by atoms with Crippen LogP contribution in [0.15, 0.2) is 36.0 Å². The fraction of sp³-hybridized carbons (Fsp3) is 0.231. The van der Waals surface area contributed by atoms with Crippen molar-refractivity contribution in [2.75, 3.05) is 12.3 Å². The van der Waals surface area contributed by atoms with Gasteiger partial charge in [-0.15, -0.1) is 11.3 Å². The Kier molecular flexibility index (Phi) is 3.94. The standard InChI is InChI=1S/C13H15N3OS/c1-2-16(9-10-3-6-15-7-4-10)13(17)12-11(14)5-8-18-12/h3-8H,2,9,14H2,1H3. The number of rotatable bonds is 4. The van der Waals surface area contributed by atoms with E-state index in [1.165, 1.54) is 11.3 Å². The Morgan fingerprint density at radius 2 is 2.11 bits per heavy atom. The molecule has 0 saturated heterocycles. The van der Waals surface area contributed by atoms with E-state index in [4.69, 9.17) is 5.73 Å². The largest absolute Gasteiger partial charge is 0.397 e. The van der Waals surface area contributed by atoms with Gasteiger partial charge in [-0.25, -0.2) is 0 Å². The van der Waals surface area contributed by atoms with Gasteiger partial charge in [-0.2, -0.15) is 0 Å². The van der Waals surface area contributed by atoms with Crippen molar-refractivity contribution in [3.63, 3.8) is 0 Å². The molecule has 0 bridgehead atoms. The average Bonchev–Trinajstić information content (AvgIpc) is 2.82. The quantitative estimate of drug-likeness (QED) is 0.919. The number of nitrogen functional groups attached to an aromatic ring is 1. The van der Waals surface area contributed by atoms with Crippen molar-refractivity contribution in [1.82, 2.24) is 9.88 Å². The molecule has 0 fully saturated rings. The Morgan fingerprint density at radius 1 is 1.39 bits per heavy atom. The molecule has 0 spiro atoms. The van der Waals surface area contributed by atoms with Crippen molar-refractivity contribution in [2.24, 2.45) is 0 Å². The number of pyridine rings is 1. The molecule has 0 aliphatic rings. The number of anilines is 1. The minimum atomic E-state index is -0.0122. The number of hydrogen-bond acceptors (Lipinski definition) is 4. The summed E-state index contributed by atoms with van der Waals surface area (Å²) in [6.45, 7) is 3.19. The normalized spacial score (nSPS) is 10.3. The predicted molar refractivity (Wildman–Crippen MR) is 73.4 cm³/mol. The van der Waals surface area contributed by atoms with E-state index in [9.17, 15) is 4.79 Å². The van der Waals surface area contributed by atoms with E-state index in [1.54, 1.807) is 23.4 Å². The smallest absolute Gasteiger partial charge is 0.266 e. The maximum atomic E-state index is 12.3. The lowest BCUT2D eigenvalue weighted by Crippen LogP contribution is -2.30. The number of thiophene rings is 1. The second-order valence-corrected chi connectivity index (χ2v) is 4.80. The van der Waals surface area contributed by atoms with E-state index < -0.39 is 0 Å². The number of carbonyl (C=O) groups is 1. The summed E-state index contributed by atoms with van der Waals surface area (Å²) in [4.78, 5) is 18.7. The number of nitrogens with two attached hydrogens (primary N) is 1. The van der Waals surface area contributed by atoms with Gasteiger partial charge in [-0.05, 0) is 36.1 Å². The first-order chi connectivity index (χ1) is 8.72. The van der Waals surface area contributed by atoms with Gasteiger partial charge in [0, 0.05) is 25.5 Å². The Morgan fingerprint density at radius 3 is 2.67 bits per heavy atom. The van der Waals surface area contributed by atoms with Crippen LogP contribution in [0.3, 0.4) is 0 Å². The van der Waals surface area contributed by atoms with E-state index >= 15 is 0 Å². The zero-order valence-electron chi connectivity index (χ0n) is 10.2. The number of carbonyl (C=O) groups excluding carboxylic acids is 1. The molecule has 18 heavy (non-hydrogen) atoms. The van der Waals surface area contributed by atoms with Gasteiger partial charge in [0.2, 0.25) is 0 Å². The summed E-state index contributed by atoms with van der Waals surface area (Å²) in [6, 6.07) is 5.58. The van der Waals surface area contributed by atoms with E-state index in [-0.39, 0.29) is 5.91 Å². The van der Waals surface area contributed by atoms with Crippen molar-refractivity contribution in [1.29, 1.82) is 0 Å². The molecule has 4 nitrogen and oxygen atoms in total. The lowest BCUT2D eigenvalue weighted by molar-refractivity contribution is 0.0758. The van der Waals surface area contributed by atoms with Crippen LogP contribution in [0, 0.1) is 0 Å². The molecule has 0 aliphatic carbocycles. The number of amides is 1. The average molecular weight is 261 g/mol. The maximum absolute atomic E-state index is 12.3. The summed E-state index contributed by atoms with van der Waals surface area (Å²) in [6.07, 6.45) is 3.46. The summed E-state index contributed by atoms with van der Waals surface area (Å²) < 4.78 is 0. The first kappa shape index (κ1) is 12.6. The van der Waals surface area contributed by atoms with Crippen molar-refractivity contribution < 1.29 is 4.79 Å². The van der Waals surface area contributed by atoms with Crippen LogP contribution in [0.1, 0.15) is 22.2 Å². The first-order valence-electron chi connectivity index (χ1n) is 5.73. The Balaban J connectivity index is 2.15. The molecule has 0 saturated carbocycles. The van der Waals surface area contributed by atoms with Crippen molar-refractivity contribution >= 4 is 22.9 Å². The van der Waals surface area contributed by atoms with Crippen LogP contribution in [0.4, 0.5) is 5.69 Å². The molecule has 0 unspecified atom stereocenters. The highest BCUT2D eigenvalue weighted by Gasteiger charge is 2.18. The van der Waals surface area contributed by atoms with Gasteiger partial charge < -0.3 is 10.6 Å². The zero-order chi connectivity index (χ0) is 13.0. The van der Waals surface area contributed by atoms with Crippen molar-refractivity contribution in [2.45, 2.75) is 13.5 Å². The van der Waals surface area contributed by atoms with Gasteiger partial charge in [-0.1, -0.05) is 0 Å². The fourth-order valence-electron chi connectivity index (χ4n) is 1.67. The fourth-order valence-corrected chi connectivity index (χ4v) is 2.46. The van der Waals surface area contributed by atoms with Crippen LogP contribution in [0.25, 0.3) is 0 Å². The third-order valence-corrected chi connectivity index (χ3v) is 3.60. The second-order valence-electron chi connectivity index (χ2n) is 3.88. The van der Waals surface area contributed by atoms with Crippen molar-refractivity contribution in [3.05, 3.63) is 46.4 Å². The second kappa shape index (κ2) is 5.64. The minimum absolute atomic E-state index is 0.0122. The molecule has 0 atom stereocenters. The highest BCUT2D eigenvalue weighted by molar-refractivity contribution is 7.12. The molecular formula is C13H15N3OS. The van der Waals surface area contributed by atoms with Gasteiger partial charge in [0.05, 0.1) is 5.69 Å². The van der Waals surface area contributed by atoms with Crippen LogP contribution in [-0.4, -0.2) is 22.3 Å². The van der Waals surface area contributed by atoms with E-state index in [0.29, 0.717) is 23.7 Å². The molecule has 0 aromatic carbocycles. The first-order valence-corrected chi connectivity index (χ1v) is 6.61. The van der Waals surface area contributed by atoms with Gasteiger partial charge in [0.1, 0.15) is 4.88 Å². The molecule has 5 heteroatoms. The summed E-state index contributed by atoms with van der Waals surface area (Å²) in [5, 5.41) is 1.84. The summed E-state index contributed by atoms with van der Waals surface area (Å²) in [7, 11) is 0. The Labute approximate surface area is 110 Å². The van der Waals surface area contributed by atoms with Gasteiger partial charge >= 0.3 is 0 Å². The molecule has 2 aromatic rings. The van der Waals surface area contributed by atoms with Crippen LogP contribution >= 0.6 is 11.3 Å². The van der Waals surface area contributed by atoms with E-state index in [1.807, 2.05) is 24.4 Å². The molecule has 2 rings (SSSR count). The lowest BCUT2D eigenvalue weighted by Gasteiger charge is -2.20. The monoisotopic (exact) mass is 261 g/mol. The van der Waals surface area contributed by atoms with E-state index in [2.05, 4.69) is 4.98 Å². The minimum Gasteiger partial charge on any atom is -0.397 e. The molecule has 0 aliphatic heterocycles. The van der Waals surface area contributed by atoms with Crippen LogP contribution in [0.2, 0.25) is 0 Å². The predicted octanol–water partition coefficient (Wildman–Crippen LogP) is 2.39. The molecule has 1 amide bonds. The molecule has 2 aromatic heterocycles. The molecule has 2 heterocycles. The summed E-state index contributed by atoms with van der Waals surface area (Å²) in [5.74, 6) is -0.0122. The SMILES string of the molecule is CCN(Cc1ccncc1)C(=O)c1sccc1N. The van der Waals surface area contributed by atoms with Gasteiger partial charge in [0.25, 0.3) is 5.91 Å². The summed E-state index contributed by atoms with van der Waals surface area (Å²) >= 11 is 1.38. The topological polar surface area (TPSA) is 59.2 Å². The number of nitrogens with zero attached hydrogens (tertiary/aromatic N) is 2. The highest BCUT2D eigenvalue weighted by atomic mass is 32.1. The summed E-state index contributed by atoms with van der Waals surface area (Å²) in [5.41, 5.74) is 7.40. The van der Waals surface area contributed by atoms with Crippen LogP contribution in [-0.2, 0) is 6.54 Å². The highest BCUT2D eigenvalue weighted by Crippen LogP contribution is 2.21. The molecule has 0 radical (unpaired) electrons.